The minimum atomic E-state index is -0.0315. The van der Waals surface area contributed by atoms with Crippen LogP contribution in [0.4, 0.5) is 10.5 Å². The summed E-state index contributed by atoms with van der Waals surface area (Å²) in [6, 6.07) is 16.3. The molecular weight excluding hydrogens is 460 g/mol. The molecule has 0 bridgehead atoms. The molecule has 35 heavy (non-hydrogen) atoms. The fourth-order valence-corrected chi connectivity index (χ4v) is 5.54. The van der Waals surface area contributed by atoms with Crippen molar-refractivity contribution >= 4 is 34.2 Å². The van der Waals surface area contributed by atoms with Crippen molar-refractivity contribution in [3.8, 4) is 11.3 Å². The Morgan fingerprint density at radius 2 is 2.09 bits per heavy atom. The van der Waals surface area contributed by atoms with Gasteiger partial charge in [-0.05, 0) is 73.8 Å². The molecule has 0 unspecified atom stereocenters. The van der Waals surface area contributed by atoms with Crippen molar-refractivity contribution in [3.63, 3.8) is 0 Å². The van der Waals surface area contributed by atoms with Gasteiger partial charge in [0.1, 0.15) is 5.69 Å². The maximum atomic E-state index is 13.1. The number of hydrogen-bond acceptors (Lipinski definition) is 4. The number of anilines is 1. The monoisotopic (exact) mass is 486 g/mol. The second kappa shape index (κ2) is 8.98. The Labute approximate surface area is 209 Å². The SMILES string of the molecule is Cc1cc(-c2n[nH]c3cc4c(cc23)CN([C@@H]2CCCN(Cc3cccc(Cl)c3)C2)C(=O)N4)ccn1. The second-order valence-corrected chi connectivity index (χ2v) is 9.97. The van der Waals surface area contributed by atoms with Gasteiger partial charge in [-0.1, -0.05) is 23.7 Å². The van der Waals surface area contributed by atoms with Crippen LogP contribution in [0, 0.1) is 6.92 Å². The molecule has 8 heteroatoms. The number of nitrogens with one attached hydrogen (secondary N) is 2. The van der Waals surface area contributed by atoms with Gasteiger partial charge in [-0.2, -0.15) is 5.10 Å². The number of fused-ring (bicyclic) bond motifs is 2. The molecule has 1 atom stereocenters. The topological polar surface area (TPSA) is 77.2 Å². The van der Waals surface area contributed by atoms with Crippen molar-refractivity contribution in [2.24, 2.45) is 0 Å². The lowest BCUT2D eigenvalue weighted by Crippen LogP contribution is -2.52. The van der Waals surface area contributed by atoms with Crippen LogP contribution in [0.2, 0.25) is 5.02 Å². The van der Waals surface area contributed by atoms with Crippen LogP contribution in [0.3, 0.4) is 0 Å². The fraction of sp³-hybridized carbons (Fsp3) is 0.296. The molecule has 0 saturated carbocycles. The lowest BCUT2D eigenvalue weighted by molar-refractivity contribution is 0.108. The molecule has 2 amide bonds. The average molecular weight is 487 g/mol. The van der Waals surface area contributed by atoms with Gasteiger partial charge in [0.25, 0.3) is 0 Å². The second-order valence-electron chi connectivity index (χ2n) is 9.53. The highest BCUT2D eigenvalue weighted by Gasteiger charge is 2.32. The summed E-state index contributed by atoms with van der Waals surface area (Å²) in [4.78, 5) is 21.8. The van der Waals surface area contributed by atoms with Gasteiger partial charge in [-0.15, -0.1) is 0 Å². The van der Waals surface area contributed by atoms with E-state index in [-0.39, 0.29) is 12.1 Å². The number of amides is 2. The highest BCUT2D eigenvalue weighted by molar-refractivity contribution is 6.30. The number of carbonyl (C=O) groups is 1. The summed E-state index contributed by atoms with van der Waals surface area (Å²) in [5.74, 6) is 0. The minimum Gasteiger partial charge on any atom is -0.316 e. The Hall–Kier alpha value is -3.42. The van der Waals surface area contributed by atoms with E-state index in [1.807, 2.05) is 54.4 Å². The summed E-state index contributed by atoms with van der Waals surface area (Å²) in [6.07, 6.45) is 3.88. The molecule has 7 nitrogen and oxygen atoms in total. The molecule has 178 valence electrons. The van der Waals surface area contributed by atoms with Gasteiger partial charge in [0.2, 0.25) is 0 Å². The van der Waals surface area contributed by atoms with E-state index in [0.29, 0.717) is 6.54 Å². The van der Waals surface area contributed by atoms with E-state index in [0.717, 1.165) is 76.6 Å². The normalized spacial score (nSPS) is 18.5. The van der Waals surface area contributed by atoms with Gasteiger partial charge in [0, 0.05) is 59.2 Å². The van der Waals surface area contributed by atoms with Crippen molar-refractivity contribution in [2.75, 3.05) is 18.4 Å². The first kappa shape index (κ1) is 22.1. The lowest BCUT2D eigenvalue weighted by atomic mass is 9.99. The van der Waals surface area contributed by atoms with Crippen LogP contribution in [0.5, 0.6) is 0 Å². The van der Waals surface area contributed by atoms with Gasteiger partial charge in [0.15, 0.2) is 0 Å². The first-order valence-corrected chi connectivity index (χ1v) is 12.4. The quantitative estimate of drug-likeness (QED) is 0.393. The van der Waals surface area contributed by atoms with Crippen LogP contribution < -0.4 is 5.32 Å². The number of halogens is 1. The van der Waals surface area contributed by atoms with E-state index in [4.69, 9.17) is 11.6 Å². The first-order chi connectivity index (χ1) is 17.0. The third kappa shape index (κ3) is 4.37. The number of urea groups is 1. The van der Waals surface area contributed by atoms with Crippen LogP contribution in [0.25, 0.3) is 22.2 Å². The largest absolute Gasteiger partial charge is 0.322 e. The number of aryl methyl sites for hydroxylation is 1. The Balaban J connectivity index is 1.25. The number of nitrogens with zero attached hydrogens (tertiary/aromatic N) is 4. The van der Waals surface area contributed by atoms with E-state index >= 15 is 0 Å². The van der Waals surface area contributed by atoms with Crippen molar-refractivity contribution in [2.45, 2.75) is 38.9 Å². The van der Waals surface area contributed by atoms with Crippen LogP contribution >= 0.6 is 11.6 Å². The Bertz CT molecular complexity index is 1420. The molecule has 2 aromatic heterocycles. The summed E-state index contributed by atoms with van der Waals surface area (Å²) < 4.78 is 0. The van der Waals surface area contributed by atoms with Crippen molar-refractivity contribution < 1.29 is 4.79 Å². The number of H-pyrrole nitrogens is 1. The maximum absolute atomic E-state index is 13.1. The van der Waals surface area contributed by atoms with Crippen LogP contribution in [-0.4, -0.2) is 50.1 Å². The predicted molar refractivity (Wildman–Crippen MR) is 138 cm³/mol. The number of likely N-dealkylation sites (tertiary alicyclic amines) is 1. The van der Waals surface area contributed by atoms with E-state index in [9.17, 15) is 4.79 Å². The molecule has 6 rings (SSSR count). The number of aromatic nitrogens is 3. The van der Waals surface area contributed by atoms with E-state index in [1.165, 1.54) is 5.56 Å². The molecule has 2 aliphatic rings. The zero-order chi connectivity index (χ0) is 23.9. The molecule has 4 heterocycles. The predicted octanol–water partition coefficient (Wildman–Crippen LogP) is 5.60. The highest BCUT2D eigenvalue weighted by Crippen LogP contribution is 2.34. The molecule has 2 N–H and O–H groups in total. The molecule has 0 spiro atoms. The van der Waals surface area contributed by atoms with Crippen molar-refractivity contribution in [1.82, 2.24) is 25.0 Å². The molecule has 2 aliphatic heterocycles. The molecule has 1 fully saturated rings. The summed E-state index contributed by atoms with van der Waals surface area (Å²) in [5, 5.41) is 12.6. The fourth-order valence-electron chi connectivity index (χ4n) is 5.33. The number of piperidine rings is 1. The zero-order valence-corrected chi connectivity index (χ0v) is 20.3. The third-order valence-electron chi connectivity index (χ3n) is 7.02. The molecule has 1 saturated heterocycles. The van der Waals surface area contributed by atoms with Crippen LogP contribution in [-0.2, 0) is 13.1 Å². The Kier molecular flexibility index (Phi) is 5.66. The maximum Gasteiger partial charge on any atom is 0.322 e. The molecule has 4 aromatic rings. The summed E-state index contributed by atoms with van der Waals surface area (Å²) >= 11 is 6.18. The lowest BCUT2D eigenvalue weighted by Gasteiger charge is -2.41. The number of rotatable bonds is 4. The van der Waals surface area contributed by atoms with E-state index in [2.05, 4.69) is 37.5 Å². The van der Waals surface area contributed by atoms with Crippen LogP contribution in [0.15, 0.2) is 54.7 Å². The first-order valence-electron chi connectivity index (χ1n) is 12.0. The number of aromatic amines is 1. The van der Waals surface area contributed by atoms with Crippen LogP contribution in [0.1, 0.15) is 29.7 Å². The van der Waals surface area contributed by atoms with Gasteiger partial charge in [-0.25, -0.2) is 4.79 Å². The summed E-state index contributed by atoms with van der Waals surface area (Å²) in [6.45, 7) is 5.29. The molecule has 0 radical (unpaired) electrons. The minimum absolute atomic E-state index is 0.0315. The highest BCUT2D eigenvalue weighted by atomic mass is 35.5. The number of benzene rings is 2. The summed E-state index contributed by atoms with van der Waals surface area (Å²) in [7, 11) is 0. The molecule has 2 aromatic carbocycles. The van der Waals surface area contributed by atoms with Crippen molar-refractivity contribution in [3.05, 3.63) is 76.6 Å². The van der Waals surface area contributed by atoms with E-state index in [1.54, 1.807) is 0 Å². The number of pyridine rings is 1. The average Bonchev–Trinajstić information content (AvgIpc) is 3.25. The Morgan fingerprint density at radius 1 is 1.17 bits per heavy atom. The number of hydrogen-bond donors (Lipinski definition) is 2. The Morgan fingerprint density at radius 3 is 2.94 bits per heavy atom. The third-order valence-corrected chi connectivity index (χ3v) is 7.25. The zero-order valence-electron chi connectivity index (χ0n) is 19.6. The number of carbonyl (C=O) groups excluding carboxylic acids is 1. The molecular formula is C27H27ClN6O. The summed E-state index contributed by atoms with van der Waals surface area (Å²) in [5.41, 5.74) is 6.96. The van der Waals surface area contributed by atoms with E-state index < -0.39 is 0 Å². The van der Waals surface area contributed by atoms with Gasteiger partial charge < -0.3 is 10.2 Å². The van der Waals surface area contributed by atoms with Gasteiger partial charge in [0.05, 0.1) is 5.52 Å². The van der Waals surface area contributed by atoms with Gasteiger partial charge in [-0.3, -0.25) is 15.0 Å². The standard InChI is InChI=1S/C27H27ClN6O/c1-17-10-19(7-8-29-17)26-23-12-20-15-34(27(35)30-24(20)13-25(23)31-32-26)22-6-3-9-33(16-22)14-18-4-2-5-21(28)11-18/h2,4-5,7-8,10-13,22H,3,6,9,14-16H2,1H3,(H,30,35)(H,31,32)/t22-/m1/s1. The molecule has 0 aliphatic carbocycles. The smallest absolute Gasteiger partial charge is 0.316 e. The van der Waals surface area contributed by atoms with Crippen molar-refractivity contribution in [1.29, 1.82) is 0 Å². The van der Waals surface area contributed by atoms with Gasteiger partial charge >= 0.3 is 6.03 Å².